The maximum Gasteiger partial charge on any atom is 0.109 e. The number of H-pyrrole nitrogens is 1. The van der Waals surface area contributed by atoms with E-state index in [1.54, 1.807) is 11.1 Å². The van der Waals surface area contributed by atoms with Crippen LogP contribution in [0.1, 0.15) is 79.3 Å². The lowest BCUT2D eigenvalue weighted by molar-refractivity contribution is 0.281. The van der Waals surface area contributed by atoms with Gasteiger partial charge in [0, 0.05) is 11.5 Å². The Hall–Kier alpha value is -1.57. The lowest BCUT2D eigenvalue weighted by Crippen LogP contribution is -2.19. The molecule has 0 saturated heterocycles. The van der Waals surface area contributed by atoms with Crippen LogP contribution in [0.3, 0.4) is 0 Å². The highest BCUT2D eigenvalue weighted by molar-refractivity contribution is 5.69. The summed E-state index contributed by atoms with van der Waals surface area (Å²) in [7, 11) is 0. The molecule has 1 aromatic heterocycles. The number of rotatable bonds is 2. The van der Waals surface area contributed by atoms with Gasteiger partial charge in [-0.3, -0.25) is 0 Å². The fourth-order valence-corrected chi connectivity index (χ4v) is 5.22. The molecule has 3 aliphatic rings. The molecule has 3 aliphatic carbocycles. The molecule has 0 radical (unpaired) electrons. The third-order valence-corrected chi connectivity index (χ3v) is 6.72. The van der Waals surface area contributed by atoms with Crippen molar-refractivity contribution in [3.8, 4) is 11.3 Å². The van der Waals surface area contributed by atoms with E-state index in [2.05, 4.69) is 30.2 Å². The van der Waals surface area contributed by atoms with Crippen molar-refractivity contribution in [2.75, 3.05) is 0 Å². The van der Waals surface area contributed by atoms with E-state index in [0.717, 1.165) is 11.8 Å². The molecule has 2 atom stereocenters. The third kappa shape index (κ3) is 2.10. The molecular formula is C21H26N2. The number of fused-ring (bicyclic) bond motifs is 3. The summed E-state index contributed by atoms with van der Waals surface area (Å²) in [5.74, 6) is 3.64. The Morgan fingerprint density at radius 2 is 1.91 bits per heavy atom. The number of aromatic amines is 1. The molecule has 120 valence electrons. The zero-order valence-electron chi connectivity index (χ0n) is 14.1. The van der Waals surface area contributed by atoms with Crippen LogP contribution in [0.5, 0.6) is 0 Å². The second-order valence-electron chi connectivity index (χ2n) is 7.99. The molecule has 23 heavy (non-hydrogen) atoms. The average molecular weight is 306 g/mol. The first-order valence-corrected chi connectivity index (χ1v) is 9.49. The molecule has 5 rings (SSSR count). The van der Waals surface area contributed by atoms with Gasteiger partial charge in [0.2, 0.25) is 0 Å². The molecule has 1 heterocycles. The summed E-state index contributed by atoms with van der Waals surface area (Å²) in [6.07, 6.45) is 13.0. The first kappa shape index (κ1) is 13.8. The van der Waals surface area contributed by atoms with Crippen LogP contribution in [-0.2, 0) is 6.42 Å². The minimum atomic E-state index is 0.660. The predicted molar refractivity (Wildman–Crippen MR) is 93.8 cm³/mol. The van der Waals surface area contributed by atoms with Gasteiger partial charge in [0.05, 0.1) is 11.9 Å². The van der Waals surface area contributed by atoms with Crippen LogP contribution >= 0.6 is 0 Å². The van der Waals surface area contributed by atoms with Gasteiger partial charge >= 0.3 is 0 Å². The predicted octanol–water partition coefficient (Wildman–Crippen LogP) is 5.48. The molecule has 1 aromatic carbocycles. The molecule has 1 N–H and O–H groups in total. The lowest BCUT2D eigenvalue weighted by atomic mass is 9.73. The second-order valence-corrected chi connectivity index (χ2v) is 7.99. The van der Waals surface area contributed by atoms with Crippen molar-refractivity contribution >= 4 is 0 Å². The molecule has 0 spiro atoms. The summed E-state index contributed by atoms with van der Waals surface area (Å²) < 4.78 is 0. The quantitative estimate of drug-likeness (QED) is 0.781. The van der Waals surface area contributed by atoms with E-state index >= 15 is 0 Å². The van der Waals surface area contributed by atoms with Gasteiger partial charge in [-0.1, -0.05) is 31.4 Å². The molecule has 2 unspecified atom stereocenters. The van der Waals surface area contributed by atoms with Crippen molar-refractivity contribution in [3.63, 3.8) is 0 Å². The summed E-state index contributed by atoms with van der Waals surface area (Å²) in [5, 5.41) is 0. The maximum atomic E-state index is 4.77. The van der Waals surface area contributed by atoms with E-state index in [4.69, 9.17) is 4.98 Å². The number of nitrogens with zero attached hydrogens (tertiary/aromatic N) is 1. The zero-order chi connectivity index (χ0) is 15.4. The highest BCUT2D eigenvalue weighted by atomic mass is 14.9. The van der Waals surface area contributed by atoms with E-state index in [1.807, 2.05) is 0 Å². The molecule has 2 fully saturated rings. The Balaban J connectivity index is 1.53. The van der Waals surface area contributed by atoms with E-state index in [0.29, 0.717) is 5.92 Å². The van der Waals surface area contributed by atoms with Gasteiger partial charge in [0.15, 0.2) is 0 Å². The van der Waals surface area contributed by atoms with Gasteiger partial charge < -0.3 is 4.98 Å². The number of hydrogen-bond donors (Lipinski definition) is 1. The maximum absolute atomic E-state index is 4.77. The molecule has 0 amide bonds. The number of aryl methyl sites for hydroxylation is 1. The monoisotopic (exact) mass is 306 g/mol. The van der Waals surface area contributed by atoms with E-state index in [9.17, 15) is 0 Å². The van der Waals surface area contributed by atoms with Gasteiger partial charge in [-0.25, -0.2) is 4.98 Å². The number of benzene rings is 1. The van der Waals surface area contributed by atoms with Crippen LogP contribution in [-0.4, -0.2) is 9.97 Å². The minimum Gasteiger partial charge on any atom is -0.342 e. The summed E-state index contributed by atoms with van der Waals surface area (Å²) >= 11 is 0. The minimum absolute atomic E-state index is 0.660. The zero-order valence-corrected chi connectivity index (χ0v) is 14.1. The van der Waals surface area contributed by atoms with Crippen molar-refractivity contribution < 1.29 is 0 Å². The van der Waals surface area contributed by atoms with Gasteiger partial charge in [-0.2, -0.15) is 0 Å². The van der Waals surface area contributed by atoms with Gasteiger partial charge in [-0.05, 0) is 67.6 Å². The average Bonchev–Trinajstić information content (AvgIpc) is 3.13. The lowest BCUT2D eigenvalue weighted by Gasteiger charge is -2.31. The second kappa shape index (κ2) is 5.22. The Morgan fingerprint density at radius 1 is 1.04 bits per heavy atom. The van der Waals surface area contributed by atoms with Crippen molar-refractivity contribution in [1.29, 1.82) is 0 Å². The summed E-state index contributed by atoms with van der Waals surface area (Å²) in [4.78, 5) is 8.47. The van der Waals surface area contributed by atoms with Crippen LogP contribution in [0.15, 0.2) is 18.3 Å². The van der Waals surface area contributed by atoms with E-state index in [1.165, 1.54) is 74.0 Å². The van der Waals surface area contributed by atoms with Crippen LogP contribution in [0, 0.1) is 12.8 Å². The Morgan fingerprint density at radius 3 is 2.70 bits per heavy atom. The van der Waals surface area contributed by atoms with Crippen molar-refractivity contribution in [2.24, 2.45) is 5.92 Å². The van der Waals surface area contributed by atoms with Crippen molar-refractivity contribution in [3.05, 3.63) is 40.8 Å². The standard InChI is InChI=1S/C21H26N2/c1-13-7-9-17(20-16-10-8-15(16)11-18(13)20)19-12-22-21(23-19)14-5-3-2-4-6-14/h7,9,12,14-16H,2-6,8,10-11H2,1H3,(H,22,23). The Labute approximate surface area is 138 Å². The molecular weight excluding hydrogens is 280 g/mol. The fraction of sp³-hybridized carbons (Fsp3) is 0.571. The van der Waals surface area contributed by atoms with Crippen molar-refractivity contribution in [1.82, 2.24) is 9.97 Å². The normalized spacial score (nSPS) is 26.7. The first-order chi connectivity index (χ1) is 11.3. The van der Waals surface area contributed by atoms with E-state index in [-0.39, 0.29) is 0 Å². The smallest absolute Gasteiger partial charge is 0.109 e. The molecule has 2 saturated carbocycles. The van der Waals surface area contributed by atoms with Gasteiger partial charge in [0.1, 0.15) is 5.82 Å². The molecule has 2 aromatic rings. The number of aromatic nitrogens is 2. The molecule has 0 bridgehead atoms. The SMILES string of the molecule is Cc1ccc(-c2cnc(C3CCCCC3)[nH]2)c2c1CC1CCC21. The largest absolute Gasteiger partial charge is 0.342 e. The number of hydrogen-bond acceptors (Lipinski definition) is 1. The summed E-state index contributed by atoms with van der Waals surface area (Å²) in [6.45, 7) is 2.29. The summed E-state index contributed by atoms with van der Waals surface area (Å²) in [5.41, 5.74) is 7.48. The van der Waals surface area contributed by atoms with Crippen LogP contribution in [0.25, 0.3) is 11.3 Å². The molecule has 2 heteroatoms. The van der Waals surface area contributed by atoms with Crippen LogP contribution in [0.4, 0.5) is 0 Å². The highest BCUT2D eigenvalue weighted by Crippen LogP contribution is 2.54. The van der Waals surface area contributed by atoms with Gasteiger partial charge in [-0.15, -0.1) is 0 Å². The van der Waals surface area contributed by atoms with Crippen LogP contribution in [0.2, 0.25) is 0 Å². The highest BCUT2D eigenvalue weighted by Gasteiger charge is 2.41. The van der Waals surface area contributed by atoms with Gasteiger partial charge in [0.25, 0.3) is 0 Å². The fourth-order valence-electron chi connectivity index (χ4n) is 5.22. The summed E-state index contributed by atoms with van der Waals surface area (Å²) in [6, 6.07) is 4.66. The van der Waals surface area contributed by atoms with Crippen LogP contribution < -0.4 is 0 Å². The van der Waals surface area contributed by atoms with Crippen molar-refractivity contribution in [2.45, 2.75) is 70.1 Å². The van der Waals surface area contributed by atoms with E-state index < -0.39 is 0 Å². The Kier molecular flexibility index (Phi) is 3.14. The first-order valence-electron chi connectivity index (χ1n) is 9.49. The number of nitrogens with one attached hydrogen (secondary N) is 1. The molecule has 2 nitrogen and oxygen atoms in total. The topological polar surface area (TPSA) is 28.7 Å². The molecule has 0 aliphatic heterocycles. The third-order valence-electron chi connectivity index (χ3n) is 6.72. The Bertz CT molecular complexity index is 736. The number of imidazole rings is 1.